The predicted octanol–water partition coefficient (Wildman–Crippen LogP) is 8.12. The van der Waals surface area contributed by atoms with E-state index in [0.29, 0.717) is 6.42 Å². The molecule has 1 aliphatic rings. The summed E-state index contributed by atoms with van der Waals surface area (Å²) in [5.74, 6) is -0.233. The van der Waals surface area contributed by atoms with E-state index >= 15 is 0 Å². The van der Waals surface area contributed by atoms with Gasteiger partial charge in [-0.05, 0) is 50.2 Å². The van der Waals surface area contributed by atoms with Crippen LogP contribution in [-0.2, 0) is 19.1 Å². The minimum absolute atomic E-state index is 0.0317. The van der Waals surface area contributed by atoms with Gasteiger partial charge in [0.05, 0.1) is 0 Å². The number of carbonyl (C=O) groups excluding carboxylic acids is 2. The first kappa shape index (κ1) is 30.2. The van der Waals surface area contributed by atoms with Gasteiger partial charge in [-0.1, -0.05) is 91.0 Å². The Morgan fingerprint density at radius 1 is 1.12 bits per heavy atom. The molecular formula is C30H50O4. The molecule has 4 unspecified atom stereocenters. The second kappa shape index (κ2) is 15.9. The molecule has 34 heavy (non-hydrogen) atoms. The molecule has 0 N–H and O–H groups in total. The quantitative estimate of drug-likeness (QED) is 0.139. The van der Waals surface area contributed by atoms with E-state index in [9.17, 15) is 9.59 Å². The van der Waals surface area contributed by atoms with Crippen molar-refractivity contribution in [2.75, 3.05) is 0 Å². The van der Waals surface area contributed by atoms with E-state index in [1.807, 2.05) is 19.1 Å². The Balaban J connectivity index is 2.93. The van der Waals surface area contributed by atoms with Crippen molar-refractivity contribution in [2.24, 2.45) is 17.3 Å². The van der Waals surface area contributed by atoms with Crippen LogP contribution in [0.4, 0.5) is 0 Å². The molecule has 4 nitrogen and oxygen atoms in total. The van der Waals surface area contributed by atoms with Crippen molar-refractivity contribution in [1.29, 1.82) is 0 Å². The van der Waals surface area contributed by atoms with Gasteiger partial charge in [-0.15, -0.1) is 0 Å². The Labute approximate surface area is 209 Å². The molecule has 194 valence electrons. The number of ether oxygens (including phenoxy) is 2. The molecule has 0 spiro atoms. The summed E-state index contributed by atoms with van der Waals surface area (Å²) >= 11 is 0. The molecule has 1 aliphatic heterocycles. The fourth-order valence-corrected chi connectivity index (χ4v) is 4.42. The monoisotopic (exact) mass is 474 g/mol. The van der Waals surface area contributed by atoms with Crippen LogP contribution in [0.1, 0.15) is 113 Å². The number of hydrogen-bond acceptors (Lipinski definition) is 4. The van der Waals surface area contributed by atoms with Crippen LogP contribution in [0.15, 0.2) is 36.0 Å². The molecule has 0 aliphatic carbocycles. The van der Waals surface area contributed by atoms with Gasteiger partial charge < -0.3 is 9.47 Å². The summed E-state index contributed by atoms with van der Waals surface area (Å²) < 4.78 is 11.7. The van der Waals surface area contributed by atoms with Crippen LogP contribution in [0, 0.1) is 17.3 Å². The number of unbranched alkanes of at least 4 members (excludes halogenated alkanes) is 6. The summed E-state index contributed by atoms with van der Waals surface area (Å²) in [4.78, 5) is 24.5. The van der Waals surface area contributed by atoms with Crippen molar-refractivity contribution < 1.29 is 19.1 Å². The third kappa shape index (κ3) is 12.0. The Bertz CT molecular complexity index is 701. The van der Waals surface area contributed by atoms with E-state index < -0.39 is 0 Å². The van der Waals surface area contributed by atoms with Crippen LogP contribution >= 0.6 is 0 Å². The molecule has 0 aromatic heterocycles. The minimum Gasteiger partial charge on any atom is -0.458 e. The number of hydrogen-bond donors (Lipinski definition) is 0. The Morgan fingerprint density at radius 3 is 2.47 bits per heavy atom. The molecule has 0 saturated carbocycles. The van der Waals surface area contributed by atoms with Gasteiger partial charge in [-0.2, -0.15) is 0 Å². The lowest BCUT2D eigenvalue weighted by atomic mass is 9.78. The van der Waals surface area contributed by atoms with Crippen molar-refractivity contribution in [3.05, 3.63) is 36.0 Å². The van der Waals surface area contributed by atoms with Crippen LogP contribution in [-0.4, -0.2) is 24.1 Å². The lowest BCUT2D eigenvalue weighted by molar-refractivity contribution is -0.150. The van der Waals surface area contributed by atoms with E-state index in [-0.39, 0.29) is 41.4 Å². The van der Waals surface area contributed by atoms with Crippen molar-refractivity contribution in [1.82, 2.24) is 0 Å². The molecule has 0 bridgehead atoms. The molecular weight excluding hydrogens is 424 g/mol. The molecule has 1 rings (SSSR count). The number of allylic oxidation sites excluding steroid dienone is 3. The average molecular weight is 475 g/mol. The van der Waals surface area contributed by atoms with E-state index in [0.717, 1.165) is 24.8 Å². The zero-order chi connectivity index (χ0) is 25.6. The maximum Gasteiger partial charge on any atom is 0.306 e. The first-order valence-electron chi connectivity index (χ1n) is 13.4. The molecule has 4 atom stereocenters. The van der Waals surface area contributed by atoms with Crippen LogP contribution in [0.25, 0.3) is 0 Å². The van der Waals surface area contributed by atoms with Gasteiger partial charge in [0.1, 0.15) is 12.2 Å². The van der Waals surface area contributed by atoms with Crippen LogP contribution in [0.3, 0.4) is 0 Å². The number of cyclic esters (lactones) is 1. The van der Waals surface area contributed by atoms with Crippen molar-refractivity contribution in [3.63, 3.8) is 0 Å². The summed E-state index contributed by atoms with van der Waals surface area (Å²) in [5, 5.41) is 0. The Hall–Kier alpha value is -1.84. The van der Waals surface area contributed by atoms with E-state index in [1.165, 1.54) is 45.4 Å². The molecule has 0 radical (unpaired) electrons. The highest BCUT2D eigenvalue weighted by molar-refractivity contribution is 5.70. The SMILES string of the molecule is CCCCCCCC/C=C/C=C(\C)C1OC(=O)CC(C)CCC(C)(C)C(OC(C)=O)/C=C\C1C. The highest BCUT2D eigenvalue weighted by atomic mass is 16.5. The Kier molecular flexibility index (Phi) is 14.2. The van der Waals surface area contributed by atoms with Crippen molar-refractivity contribution >= 4 is 11.9 Å². The first-order valence-corrected chi connectivity index (χ1v) is 13.4. The van der Waals surface area contributed by atoms with Crippen molar-refractivity contribution in [2.45, 2.75) is 125 Å². The van der Waals surface area contributed by atoms with Gasteiger partial charge in [0.15, 0.2) is 0 Å². The minimum atomic E-state index is -0.338. The third-order valence-electron chi connectivity index (χ3n) is 6.85. The molecule has 1 heterocycles. The van der Waals surface area contributed by atoms with Crippen molar-refractivity contribution in [3.8, 4) is 0 Å². The third-order valence-corrected chi connectivity index (χ3v) is 6.85. The molecule has 0 fully saturated rings. The zero-order valence-electron chi connectivity index (χ0n) is 22.9. The number of carbonyl (C=O) groups is 2. The smallest absolute Gasteiger partial charge is 0.306 e. The second-order valence-electron chi connectivity index (χ2n) is 10.9. The highest BCUT2D eigenvalue weighted by Gasteiger charge is 2.32. The fourth-order valence-electron chi connectivity index (χ4n) is 4.42. The van der Waals surface area contributed by atoms with Gasteiger partial charge >= 0.3 is 11.9 Å². The van der Waals surface area contributed by atoms with E-state index in [1.54, 1.807) is 0 Å². The largest absolute Gasteiger partial charge is 0.458 e. The highest BCUT2D eigenvalue weighted by Crippen LogP contribution is 2.34. The number of esters is 2. The lowest BCUT2D eigenvalue weighted by Gasteiger charge is -2.34. The number of rotatable bonds is 10. The van der Waals surface area contributed by atoms with Gasteiger partial charge in [0, 0.05) is 24.7 Å². The van der Waals surface area contributed by atoms with Gasteiger partial charge in [0.25, 0.3) is 0 Å². The zero-order valence-corrected chi connectivity index (χ0v) is 22.9. The summed E-state index contributed by atoms with van der Waals surface area (Å²) in [6.07, 6.45) is 20.8. The molecule has 0 saturated heterocycles. The van der Waals surface area contributed by atoms with Crippen LogP contribution in [0.5, 0.6) is 0 Å². The normalized spacial score (nSPS) is 27.5. The molecule has 4 heteroatoms. The molecule has 0 aromatic carbocycles. The van der Waals surface area contributed by atoms with Crippen LogP contribution < -0.4 is 0 Å². The topological polar surface area (TPSA) is 52.6 Å². The average Bonchev–Trinajstić information content (AvgIpc) is 2.76. The predicted molar refractivity (Wildman–Crippen MR) is 141 cm³/mol. The molecule has 0 amide bonds. The summed E-state index contributed by atoms with van der Waals surface area (Å²) in [7, 11) is 0. The maximum absolute atomic E-state index is 12.7. The standard InChI is InChI=1S/C30H50O4/c1-8-9-10-11-12-13-14-15-16-17-24(3)29-25(4)18-19-27(33-26(5)31)30(6,7)21-20-23(2)22-28(32)34-29/h15-19,23,25,27,29H,8-14,20-22H2,1-7H3/b16-15+,19-18-,24-17+. The first-order chi connectivity index (χ1) is 16.1. The van der Waals surface area contributed by atoms with E-state index in [4.69, 9.17) is 9.47 Å². The Morgan fingerprint density at radius 2 is 1.79 bits per heavy atom. The fraction of sp³-hybridized carbons (Fsp3) is 0.733. The maximum atomic E-state index is 12.7. The summed E-state index contributed by atoms with van der Waals surface area (Å²) in [6, 6.07) is 0. The molecule has 0 aromatic rings. The van der Waals surface area contributed by atoms with Crippen LogP contribution in [0.2, 0.25) is 0 Å². The summed E-state index contributed by atoms with van der Waals surface area (Å²) in [5.41, 5.74) is 0.816. The summed E-state index contributed by atoms with van der Waals surface area (Å²) in [6.45, 7) is 14.1. The van der Waals surface area contributed by atoms with Gasteiger partial charge in [-0.3, -0.25) is 9.59 Å². The van der Waals surface area contributed by atoms with Gasteiger partial charge in [-0.25, -0.2) is 0 Å². The second-order valence-corrected chi connectivity index (χ2v) is 10.9. The lowest BCUT2D eigenvalue weighted by Crippen LogP contribution is -2.34. The van der Waals surface area contributed by atoms with E-state index in [2.05, 4.69) is 52.8 Å². The van der Waals surface area contributed by atoms with Gasteiger partial charge in [0.2, 0.25) is 0 Å².